The number of aliphatic hydroxyl groups excluding tert-OH is 2. The highest BCUT2D eigenvalue weighted by Gasteiger charge is 2.50. The van der Waals surface area contributed by atoms with E-state index < -0.39 is 12.2 Å². The van der Waals surface area contributed by atoms with E-state index in [0.717, 1.165) is 23.3 Å². The molecule has 0 amide bonds. The quantitative estimate of drug-likeness (QED) is 0.646. The minimum absolute atomic E-state index is 0.469. The van der Waals surface area contributed by atoms with E-state index in [1.165, 1.54) is 44.9 Å². The molecule has 3 aliphatic rings. The molecule has 0 saturated heterocycles. The van der Waals surface area contributed by atoms with Crippen LogP contribution in [0.15, 0.2) is 35.5 Å². The SMILES string of the molecule is C=C1C(O)C/C(=C/C=C2\CCC[C@@]3(C)C2CCC3[C@@H](C)CCC)C[C@H]1O. The van der Waals surface area contributed by atoms with Gasteiger partial charge in [-0.1, -0.05) is 63.5 Å². The van der Waals surface area contributed by atoms with Crippen LogP contribution in [0.5, 0.6) is 0 Å². The van der Waals surface area contributed by atoms with Crippen LogP contribution < -0.4 is 0 Å². The zero-order chi connectivity index (χ0) is 18.9. The fourth-order valence-electron chi connectivity index (χ4n) is 6.30. The number of fused-ring (bicyclic) bond motifs is 1. The Labute approximate surface area is 160 Å². The second kappa shape index (κ2) is 8.02. The summed E-state index contributed by atoms with van der Waals surface area (Å²) in [5.74, 6) is 2.43. The normalized spacial score (nSPS) is 42.3. The maximum absolute atomic E-state index is 10.1. The van der Waals surface area contributed by atoms with E-state index in [-0.39, 0.29) is 0 Å². The van der Waals surface area contributed by atoms with Crippen molar-refractivity contribution in [1.82, 2.24) is 0 Å². The summed E-state index contributed by atoms with van der Waals surface area (Å²) in [6, 6.07) is 0. The Balaban J connectivity index is 1.76. The number of hydrogen-bond donors (Lipinski definition) is 2. The van der Waals surface area contributed by atoms with Gasteiger partial charge in [-0.3, -0.25) is 0 Å². The summed E-state index contributed by atoms with van der Waals surface area (Å²) in [5.41, 5.74) is 3.82. The first-order valence-corrected chi connectivity index (χ1v) is 10.8. The first-order chi connectivity index (χ1) is 12.4. The smallest absolute Gasteiger partial charge is 0.0809 e. The lowest BCUT2D eigenvalue weighted by Crippen LogP contribution is -2.36. The van der Waals surface area contributed by atoms with Crippen molar-refractivity contribution in [3.8, 4) is 0 Å². The monoisotopic (exact) mass is 358 g/mol. The molecular weight excluding hydrogens is 320 g/mol. The Morgan fingerprint density at radius 2 is 1.88 bits per heavy atom. The van der Waals surface area contributed by atoms with Gasteiger partial charge in [0.05, 0.1) is 12.2 Å². The van der Waals surface area contributed by atoms with E-state index >= 15 is 0 Å². The van der Waals surface area contributed by atoms with Crippen LogP contribution in [0.1, 0.15) is 78.6 Å². The highest BCUT2D eigenvalue weighted by atomic mass is 16.3. The number of allylic oxidation sites excluding steroid dienone is 3. The summed E-state index contributed by atoms with van der Waals surface area (Å²) in [5, 5.41) is 20.1. The van der Waals surface area contributed by atoms with Gasteiger partial charge in [-0.25, -0.2) is 0 Å². The molecule has 3 saturated carbocycles. The average Bonchev–Trinajstić information content (AvgIpc) is 2.95. The zero-order valence-electron chi connectivity index (χ0n) is 17.0. The van der Waals surface area contributed by atoms with E-state index in [1.54, 1.807) is 5.57 Å². The van der Waals surface area contributed by atoms with Gasteiger partial charge in [-0.05, 0) is 73.7 Å². The second-order valence-electron chi connectivity index (χ2n) is 9.44. The Morgan fingerprint density at radius 3 is 2.54 bits per heavy atom. The zero-order valence-corrected chi connectivity index (χ0v) is 17.0. The summed E-state index contributed by atoms with van der Waals surface area (Å²) in [6.45, 7) is 11.1. The Kier molecular flexibility index (Phi) is 6.14. The molecule has 0 aromatic heterocycles. The number of rotatable bonds is 4. The van der Waals surface area contributed by atoms with E-state index in [4.69, 9.17) is 0 Å². The van der Waals surface area contributed by atoms with Crippen molar-refractivity contribution in [1.29, 1.82) is 0 Å². The van der Waals surface area contributed by atoms with Crippen LogP contribution in [0.2, 0.25) is 0 Å². The van der Waals surface area contributed by atoms with Gasteiger partial charge in [0.15, 0.2) is 0 Å². The molecule has 3 rings (SSSR count). The van der Waals surface area contributed by atoms with Gasteiger partial charge >= 0.3 is 0 Å². The molecule has 2 N–H and O–H groups in total. The molecule has 0 radical (unpaired) electrons. The summed E-state index contributed by atoms with van der Waals surface area (Å²) < 4.78 is 0. The third-order valence-corrected chi connectivity index (χ3v) is 7.77. The van der Waals surface area contributed by atoms with Crippen LogP contribution in [0.25, 0.3) is 0 Å². The van der Waals surface area contributed by atoms with E-state index in [1.807, 2.05) is 0 Å². The van der Waals surface area contributed by atoms with E-state index in [2.05, 4.69) is 39.5 Å². The van der Waals surface area contributed by atoms with Crippen molar-refractivity contribution < 1.29 is 10.2 Å². The Hall–Kier alpha value is -0.860. The maximum Gasteiger partial charge on any atom is 0.0809 e. The molecule has 2 heteroatoms. The van der Waals surface area contributed by atoms with Crippen molar-refractivity contribution in [2.75, 3.05) is 0 Å². The van der Waals surface area contributed by atoms with Gasteiger partial charge in [0.1, 0.15) is 0 Å². The first kappa shape index (κ1) is 19.9. The molecule has 3 aliphatic carbocycles. The Bertz CT molecular complexity index is 571. The minimum Gasteiger partial charge on any atom is -0.388 e. The van der Waals surface area contributed by atoms with Gasteiger partial charge in [0, 0.05) is 0 Å². The molecule has 3 unspecified atom stereocenters. The molecule has 0 bridgehead atoms. The van der Waals surface area contributed by atoms with E-state index in [0.29, 0.717) is 23.8 Å². The van der Waals surface area contributed by atoms with Crippen LogP contribution in [-0.2, 0) is 0 Å². The lowest BCUT2D eigenvalue weighted by atomic mass is 9.61. The minimum atomic E-state index is -0.592. The standard InChI is InChI=1S/C24H38O2/c1-5-7-16(2)20-11-12-21-19(8-6-13-24(20,21)4)10-9-18-14-22(25)17(3)23(26)15-18/h9-10,16,20-23,25-26H,3,5-8,11-15H2,1-2,4H3/b18-9-,19-10+/t16-,20?,21?,22?,23+,24+/m0/s1. The van der Waals surface area contributed by atoms with Gasteiger partial charge in [-0.2, -0.15) is 0 Å². The molecule has 0 aliphatic heterocycles. The van der Waals surface area contributed by atoms with Crippen LogP contribution in [-0.4, -0.2) is 22.4 Å². The molecule has 0 spiro atoms. The van der Waals surface area contributed by atoms with Crippen molar-refractivity contribution in [3.63, 3.8) is 0 Å². The third kappa shape index (κ3) is 3.73. The highest BCUT2D eigenvalue weighted by molar-refractivity contribution is 5.29. The van der Waals surface area contributed by atoms with Crippen LogP contribution in [0.3, 0.4) is 0 Å². The topological polar surface area (TPSA) is 40.5 Å². The fraction of sp³-hybridized carbons (Fsp3) is 0.750. The fourth-order valence-corrected chi connectivity index (χ4v) is 6.30. The van der Waals surface area contributed by atoms with Crippen molar-refractivity contribution in [2.45, 2.75) is 90.8 Å². The van der Waals surface area contributed by atoms with Gasteiger partial charge < -0.3 is 10.2 Å². The molecule has 3 fully saturated rings. The first-order valence-electron chi connectivity index (χ1n) is 10.8. The summed E-state index contributed by atoms with van der Waals surface area (Å²) in [6.07, 6.45) is 13.9. The average molecular weight is 359 g/mol. The predicted octanol–water partition coefficient (Wildman–Crippen LogP) is 5.56. The highest BCUT2D eigenvalue weighted by Crippen LogP contribution is 2.59. The summed E-state index contributed by atoms with van der Waals surface area (Å²) in [4.78, 5) is 0. The van der Waals surface area contributed by atoms with Crippen LogP contribution in [0.4, 0.5) is 0 Å². The van der Waals surface area contributed by atoms with Gasteiger partial charge in [-0.15, -0.1) is 0 Å². The summed E-state index contributed by atoms with van der Waals surface area (Å²) in [7, 11) is 0. The molecular formula is C24H38O2. The molecule has 6 atom stereocenters. The third-order valence-electron chi connectivity index (χ3n) is 7.77. The maximum atomic E-state index is 10.1. The van der Waals surface area contributed by atoms with Crippen LogP contribution >= 0.6 is 0 Å². The largest absolute Gasteiger partial charge is 0.388 e. The lowest BCUT2D eigenvalue weighted by Gasteiger charge is -2.44. The lowest BCUT2D eigenvalue weighted by molar-refractivity contribution is 0.0940. The molecule has 2 nitrogen and oxygen atoms in total. The number of aliphatic hydroxyl groups is 2. The molecule has 146 valence electrons. The second-order valence-corrected chi connectivity index (χ2v) is 9.44. The Morgan fingerprint density at radius 1 is 1.19 bits per heavy atom. The van der Waals surface area contributed by atoms with Gasteiger partial charge in [0.2, 0.25) is 0 Å². The molecule has 0 heterocycles. The summed E-state index contributed by atoms with van der Waals surface area (Å²) >= 11 is 0. The van der Waals surface area contributed by atoms with Gasteiger partial charge in [0.25, 0.3) is 0 Å². The van der Waals surface area contributed by atoms with Crippen molar-refractivity contribution in [2.24, 2.45) is 23.2 Å². The van der Waals surface area contributed by atoms with Crippen LogP contribution in [0, 0.1) is 23.2 Å². The van der Waals surface area contributed by atoms with Crippen molar-refractivity contribution in [3.05, 3.63) is 35.5 Å². The van der Waals surface area contributed by atoms with Crippen molar-refractivity contribution >= 4 is 0 Å². The van der Waals surface area contributed by atoms with E-state index in [9.17, 15) is 10.2 Å². The molecule has 26 heavy (non-hydrogen) atoms. The molecule has 0 aromatic carbocycles. The molecule has 0 aromatic rings. The number of hydrogen-bond acceptors (Lipinski definition) is 2. The predicted molar refractivity (Wildman–Crippen MR) is 109 cm³/mol.